The van der Waals surface area contributed by atoms with Gasteiger partial charge >= 0.3 is 0 Å². The minimum atomic E-state index is -1.12. The van der Waals surface area contributed by atoms with Gasteiger partial charge in [-0.2, -0.15) is 0 Å². The Balaban J connectivity index is 4.10. The summed E-state index contributed by atoms with van der Waals surface area (Å²) in [5.41, 5.74) is 0. The Morgan fingerprint density at radius 3 is 2.14 bits per heavy atom. The van der Waals surface area contributed by atoms with E-state index in [-0.39, 0.29) is 0 Å². The lowest BCUT2D eigenvalue weighted by Gasteiger charge is -2.25. The van der Waals surface area contributed by atoms with Crippen molar-refractivity contribution >= 4 is 56.4 Å². The summed E-state index contributed by atoms with van der Waals surface area (Å²) in [6, 6.07) is 0. The van der Waals surface area contributed by atoms with Crippen molar-refractivity contribution in [3.05, 3.63) is 0 Å². The molecule has 0 aliphatic carbocycles. The Hall–Kier alpha value is 1.57. The lowest BCUT2D eigenvalue weighted by Crippen LogP contribution is -2.20. The van der Waals surface area contributed by atoms with Crippen LogP contribution in [0.2, 0.25) is 0 Å². The fraction of sp³-hybridized carbons (Fsp3) is 1.00. The van der Waals surface area contributed by atoms with Crippen LogP contribution in [-0.4, -0.2) is 14.8 Å². The van der Waals surface area contributed by atoms with Gasteiger partial charge in [0, 0.05) is 17.4 Å². The summed E-state index contributed by atoms with van der Waals surface area (Å²) >= 11 is 17.4. The zero-order valence-electron chi connectivity index (χ0n) is 8.73. The highest BCUT2D eigenvalue weighted by atomic mass is 35.6. The molecule has 0 saturated heterocycles. The Labute approximate surface area is 110 Å². The summed E-state index contributed by atoms with van der Waals surface area (Å²) < 4.78 is -1.12. The SMILES string of the molecule is CCSS[C@H](CC(Cl)(Cl)Cl)C(C)CC. The molecule has 1 unspecified atom stereocenters. The monoisotopic (exact) mass is 294 g/mol. The first kappa shape index (κ1) is 15.6. The maximum absolute atomic E-state index is 5.82. The lowest BCUT2D eigenvalue weighted by atomic mass is 10.0. The van der Waals surface area contributed by atoms with Gasteiger partial charge in [-0.3, -0.25) is 0 Å². The first-order chi connectivity index (χ1) is 6.40. The molecular weight excluding hydrogens is 279 g/mol. The normalized spacial score (nSPS) is 16.7. The van der Waals surface area contributed by atoms with Gasteiger partial charge in [0.25, 0.3) is 0 Å². The smallest absolute Gasteiger partial charge is 0.0942 e. The minimum Gasteiger partial charge on any atom is -0.0942 e. The highest BCUT2D eigenvalue weighted by Gasteiger charge is 2.28. The Morgan fingerprint density at radius 2 is 1.79 bits per heavy atom. The number of rotatable bonds is 6. The van der Waals surface area contributed by atoms with Crippen molar-refractivity contribution in [3.63, 3.8) is 0 Å². The molecule has 0 aromatic heterocycles. The topological polar surface area (TPSA) is 0 Å². The molecular formula is C9H17Cl3S2. The van der Waals surface area contributed by atoms with E-state index in [9.17, 15) is 0 Å². The summed E-state index contributed by atoms with van der Waals surface area (Å²) in [5.74, 6) is 1.69. The van der Waals surface area contributed by atoms with Crippen LogP contribution in [0.5, 0.6) is 0 Å². The number of halogens is 3. The molecule has 14 heavy (non-hydrogen) atoms. The standard InChI is InChI=1S/C9H17Cl3S2/c1-4-7(3)8(14-13-5-2)6-9(10,11)12/h7-8H,4-6H2,1-3H3/t7?,8-/m1/s1. The molecule has 0 fully saturated rings. The third-order valence-electron chi connectivity index (χ3n) is 2.02. The van der Waals surface area contributed by atoms with Crippen molar-refractivity contribution in [2.24, 2.45) is 5.92 Å². The maximum atomic E-state index is 5.82. The third-order valence-corrected chi connectivity index (χ3v) is 5.59. The molecule has 0 rings (SSSR count). The van der Waals surface area contributed by atoms with E-state index in [0.717, 1.165) is 12.2 Å². The van der Waals surface area contributed by atoms with Crippen molar-refractivity contribution < 1.29 is 0 Å². The fourth-order valence-electron chi connectivity index (χ4n) is 0.976. The highest BCUT2D eigenvalue weighted by Crippen LogP contribution is 2.42. The van der Waals surface area contributed by atoms with E-state index in [2.05, 4.69) is 20.8 Å². The Morgan fingerprint density at radius 1 is 1.21 bits per heavy atom. The van der Waals surface area contributed by atoms with Gasteiger partial charge in [0.1, 0.15) is 0 Å². The second-order valence-electron chi connectivity index (χ2n) is 3.25. The van der Waals surface area contributed by atoms with Gasteiger partial charge in [-0.05, 0) is 5.92 Å². The van der Waals surface area contributed by atoms with Gasteiger partial charge in [-0.25, -0.2) is 0 Å². The minimum absolute atomic E-state index is 0.428. The molecule has 0 heterocycles. The second kappa shape index (κ2) is 7.78. The first-order valence-electron chi connectivity index (χ1n) is 4.75. The van der Waals surface area contributed by atoms with Crippen molar-refractivity contribution in [3.8, 4) is 0 Å². The summed E-state index contributed by atoms with van der Waals surface area (Å²) in [6.07, 6.45) is 1.76. The quantitative estimate of drug-likeness (QED) is 0.464. The molecule has 0 spiro atoms. The van der Waals surface area contributed by atoms with Gasteiger partial charge in [0.2, 0.25) is 0 Å². The average molecular weight is 296 g/mol. The van der Waals surface area contributed by atoms with Crippen molar-refractivity contribution in [1.82, 2.24) is 0 Å². The zero-order valence-corrected chi connectivity index (χ0v) is 12.6. The van der Waals surface area contributed by atoms with E-state index in [1.807, 2.05) is 21.6 Å². The summed E-state index contributed by atoms with van der Waals surface area (Å²) in [6.45, 7) is 6.53. The van der Waals surface area contributed by atoms with Crippen molar-refractivity contribution in [2.45, 2.75) is 42.7 Å². The van der Waals surface area contributed by atoms with Crippen LogP contribution in [0.4, 0.5) is 0 Å². The van der Waals surface area contributed by atoms with E-state index in [1.54, 1.807) is 0 Å². The molecule has 0 aromatic rings. The van der Waals surface area contributed by atoms with Crippen LogP contribution in [0.3, 0.4) is 0 Å². The first-order valence-corrected chi connectivity index (χ1v) is 8.27. The van der Waals surface area contributed by atoms with Gasteiger partial charge < -0.3 is 0 Å². The van der Waals surface area contributed by atoms with Crippen LogP contribution in [0, 0.1) is 5.92 Å². The van der Waals surface area contributed by atoms with Crippen molar-refractivity contribution in [2.75, 3.05) is 5.75 Å². The summed E-state index contributed by atoms with van der Waals surface area (Å²) in [4.78, 5) is 0. The fourth-order valence-corrected chi connectivity index (χ4v) is 4.47. The molecule has 0 N–H and O–H groups in total. The van der Waals surface area contributed by atoms with Crippen LogP contribution in [0.1, 0.15) is 33.6 Å². The van der Waals surface area contributed by atoms with Crippen LogP contribution < -0.4 is 0 Å². The van der Waals surface area contributed by atoms with E-state index >= 15 is 0 Å². The third kappa shape index (κ3) is 7.81. The predicted octanol–water partition coefficient (Wildman–Crippen LogP) is 5.56. The van der Waals surface area contributed by atoms with Gasteiger partial charge in [-0.1, -0.05) is 83.6 Å². The molecule has 5 heteroatoms. The molecule has 0 amide bonds. The molecule has 0 aliphatic rings. The summed E-state index contributed by atoms with van der Waals surface area (Å²) in [7, 11) is 3.69. The number of hydrogen-bond donors (Lipinski definition) is 0. The molecule has 2 atom stereocenters. The molecule has 0 aliphatic heterocycles. The van der Waals surface area contributed by atoms with Gasteiger partial charge in [0.15, 0.2) is 3.79 Å². The van der Waals surface area contributed by atoms with Crippen LogP contribution >= 0.6 is 56.4 Å². The van der Waals surface area contributed by atoms with Crippen LogP contribution in [0.15, 0.2) is 0 Å². The van der Waals surface area contributed by atoms with Crippen molar-refractivity contribution in [1.29, 1.82) is 0 Å². The highest BCUT2D eigenvalue weighted by molar-refractivity contribution is 8.76. The molecule has 0 radical (unpaired) electrons. The largest absolute Gasteiger partial charge is 0.191 e. The molecule has 0 bridgehead atoms. The number of alkyl halides is 3. The summed E-state index contributed by atoms with van der Waals surface area (Å²) in [5, 5.41) is 0.428. The molecule has 0 saturated carbocycles. The maximum Gasteiger partial charge on any atom is 0.191 e. The van der Waals surface area contributed by atoms with Crippen LogP contribution in [-0.2, 0) is 0 Å². The zero-order chi connectivity index (χ0) is 11.2. The molecule has 0 nitrogen and oxygen atoms in total. The predicted molar refractivity (Wildman–Crippen MR) is 73.9 cm³/mol. The molecule has 86 valence electrons. The van der Waals surface area contributed by atoms with Gasteiger partial charge in [-0.15, -0.1) is 0 Å². The Bertz CT molecular complexity index is 147. The number of hydrogen-bond acceptors (Lipinski definition) is 2. The lowest BCUT2D eigenvalue weighted by molar-refractivity contribution is 0.516. The second-order valence-corrected chi connectivity index (χ2v) is 8.66. The van der Waals surface area contributed by atoms with E-state index < -0.39 is 3.79 Å². The van der Waals surface area contributed by atoms with Gasteiger partial charge in [0.05, 0.1) is 0 Å². The van der Waals surface area contributed by atoms with E-state index in [4.69, 9.17) is 34.8 Å². The van der Waals surface area contributed by atoms with E-state index in [1.165, 1.54) is 0 Å². The average Bonchev–Trinajstić information content (AvgIpc) is 2.09. The van der Waals surface area contributed by atoms with Crippen LogP contribution in [0.25, 0.3) is 0 Å². The van der Waals surface area contributed by atoms with E-state index in [0.29, 0.717) is 17.6 Å². The Kier molecular flexibility index (Phi) is 8.65. The molecule has 0 aromatic carbocycles.